The second kappa shape index (κ2) is 6.79. The number of hydrogen-bond donors (Lipinski definition) is 2. The molecule has 0 saturated carbocycles. The Morgan fingerprint density at radius 1 is 1.35 bits per heavy atom. The van der Waals surface area contributed by atoms with Crippen molar-refractivity contribution in [1.82, 2.24) is 14.9 Å². The van der Waals surface area contributed by atoms with Gasteiger partial charge in [0.2, 0.25) is 11.1 Å². The van der Waals surface area contributed by atoms with Gasteiger partial charge in [0, 0.05) is 10.2 Å². The zero-order chi connectivity index (χ0) is 17.2. The SMILES string of the molecule is C[C@H](Sc1nnc(C(F)(F)F)n1N)C(=O)Nc1ccc(Br)cc1. The second-order valence-electron chi connectivity index (χ2n) is 4.43. The van der Waals surface area contributed by atoms with Crippen molar-refractivity contribution in [2.75, 3.05) is 11.2 Å². The van der Waals surface area contributed by atoms with E-state index in [1.807, 2.05) is 0 Å². The van der Waals surface area contributed by atoms with Crippen LogP contribution >= 0.6 is 27.7 Å². The maximum atomic E-state index is 12.6. The van der Waals surface area contributed by atoms with Gasteiger partial charge in [0.25, 0.3) is 5.82 Å². The number of carbonyl (C=O) groups excluding carboxylic acids is 1. The normalized spacial score (nSPS) is 12.9. The number of nitrogens with one attached hydrogen (secondary N) is 1. The summed E-state index contributed by atoms with van der Waals surface area (Å²) in [5.74, 6) is 3.61. The number of hydrogen-bond acceptors (Lipinski definition) is 5. The zero-order valence-corrected chi connectivity index (χ0v) is 14.0. The van der Waals surface area contributed by atoms with E-state index in [1.54, 1.807) is 24.3 Å². The first-order valence-electron chi connectivity index (χ1n) is 6.19. The van der Waals surface area contributed by atoms with Gasteiger partial charge in [-0.25, -0.2) is 4.68 Å². The van der Waals surface area contributed by atoms with Crippen LogP contribution in [0.5, 0.6) is 0 Å². The van der Waals surface area contributed by atoms with Gasteiger partial charge in [0.1, 0.15) is 0 Å². The fraction of sp³-hybridized carbons (Fsp3) is 0.250. The predicted molar refractivity (Wildman–Crippen MR) is 83.3 cm³/mol. The summed E-state index contributed by atoms with van der Waals surface area (Å²) in [6.45, 7) is 1.53. The highest BCUT2D eigenvalue weighted by Crippen LogP contribution is 2.30. The third-order valence-electron chi connectivity index (χ3n) is 2.68. The van der Waals surface area contributed by atoms with E-state index < -0.39 is 23.2 Å². The first-order chi connectivity index (χ1) is 10.7. The average molecular weight is 410 g/mol. The Bertz CT molecular complexity index is 704. The summed E-state index contributed by atoms with van der Waals surface area (Å²) in [6.07, 6.45) is -4.70. The molecular weight excluding hydrogens is 399 g/mol. The van der Waals surface area contributed by atoms with Gasteiger partial charge in [0.05, 0.1) is 5.25 Å². The molecule has 23 heavy (non-hydrogen) atoms. The number of benzene rings is 1. The molecule has 2 aromatic rings. The zero-order valence-electron chi connectivity index (χ0n) is 11.6. The maximum Gasteiger partial charge on any atom is 0.453 e. The van der Waals surface area contributed by atoms with Crippen molar-refractivity contribution in [1.29, 1.82) is 0 Å². The summed E-state index contributed by atoms with van der Waals surface area (Å²) in [6, 6.07) is 6.87. The smallest absolute Gasteiger partial charge is 0.335 e. The molecule has 0 aliphatic heterocycles. The third-order valence-corrected chi connectivity index (χ3v) is 4.27. The van der Waals surface area contributed by atoms with Gasteiger partial charge in [-0.3, -0.25) is 4.79 Å². The minimum Gasteiger partial charge on any atom is -0.335 e. The van der Waals surface area contributed by atoms with E-state index in [4.69, 9.17) is 5.84 Å². The minimum absolute atomic E-state index is 0.198. The molecule has 124 valence electrons. The summed E-state index contributed by atoms with van der Waals surface area (Å²) in [5.41, 5.74) is 0.566. The average Bonchev–Trinajstić information content (AvgIpc) is 2.82. The quantitative estimate of drug-likeness (QED) is 0.598. The lowest BCUT2D eigenvalue weighted by Gasteiger charge is -2.12. The van der Waals surface area contributed by atoms with Crippen LogP contribution in [0.2, 0.25) is 0 Å². The summed E-state index contributed by atoms with van der Waals surface area (Å²) >= 11 is 4.05. The Morgan fingerprint density at radius 2 is 1.96 bits per heavy atom. The first-order valence-corrected chi connectivity index (χ1v) is 7.86. The number of thioether (sulfide) groups is 1. The molecule has 0 aliphatic carbocycles. The van der Waals surface area contributed by atoms with E-state index in [0.29, 0.717) is 10.4 Å². The van der Waals surface area contributed by atoms with Crippen LogP contribution in [0.4, 0.5) is 18.9 Å². The standard InChI is InChI=1S/C12H11BrF3N5OS/c1-6(9(22)18-8-4-2-7(13)3-5-8)23-11-20-19-10(21(11)17)12(14,15)16/h2-6H,17H2,1H3,(H,18,22)/t6-/m0/s1. The molecule has 2 rings (SSSR count). The van der Waals surface area contributed by atoms with Crippen LogP contribution < -0.4 is 11.2 Å². The van der Waals surface area contributed by atoms with E-state index in [9.17, 15) is 18.0 Å². The molecule has 0 fully saturated rings. The predicted octanol–water partition coefficient (Wildman–Crippen LogP) is 2.89. The largest absolute Gasteiger partial charge is 0.453 e. The number of alkyl halides is 3. The lowest BCUT2D eigenvalue weighted by atomic mass is 10.3. The number of nitrogen functional groups attached to an aromatic ring is 1. The molecule has 0 unspecified atom stereocenters. The monoisotopic (exact) mass is 409 g/mol. The number of halogens is 4. The number of amides is 1. The van der Waals surface area contributed by atoms with Gasteiger partial charge in [-0.1, -0.05) is 27.7 Å². The molecule has 0 bridgehead atoms. The molecule has 1 atom stereocenters. The Balaban J connectivity index is 2.04. The molecule has 1 aromatic heterocycles. The second-order valence-corrected chi connectivity index (χ2v) is 6.65. The van der Waals surface area contributed by atoms with E-state index in [1.165, 1.54) is 6.92 Å². The number of nitrogens with zero attached hydrogens (tertiary/aromatic N) is 3. The van der Waals surface area contributed by atoms with E-state index >= 15 is 0 Å². The fourth-order valence-corrected chi connectivity index (χ4v) is 2.57. The van der Waals surface area contributed by atoms with E-state index in [-0.39, 0.29) is 5.16 Å². The van der Waals surface area contributed by atoms with Gasteiger partial charge >= 0.3 is 6.18 Å². The highest BCUT2D eigenvalue weighted by molar-refractivity contribution is 9.10. The lowest BCUT2D eigenvalue weighted by Crippen LogP contribution is -2.25. The van der Waals surface area contributed by atoms with Crippen LogP contribution in [0.3, 0.4) is 0 Å². The van der Waals surface area contributed by atoms with Gasteiger partial charge in [0.15, 0.2) is 0 Å². The van der Waals surface area contributed by atoms with Crippen LogP contribution in [-0.2, 0) is 11.0 Å². The molecular formula is C12H11BrF3N5OS. The Morgan fingerprint density at radius 3 is 2.48 bits per heavy atom. The number of nitrogens with two attached hydrogens (primary N) is 1. The Hall–Kier alpha value is -1.75. The highest BCUT2D eigenvalue weighted by Gasteiger charge is 2.38. The van der Waals surface area contributed by atoms with Crippen LogP contribution in [0.15, 0.2) is 33.9 Å². The van der Waals surface area contributed by atoms with Crippen LogP contribution in [-0.4, -0.2) is 26.0 Å². The molecule has 0 radical (unpaired) electrons. The van der Waals surface area contributed by atoms with Crippen LogP contribution in [0, 0.1) is 0 Å². The van der Waals surface area contributed by atoms with Crippen molar-refractivity contribution >= 4 is 39.3 Å². The summed E-state index contributed by atoms with van der Waals surface area (Å²) < 4.78 is 38.9. The van der Waals surface area contributed by atoms with Crippen molar-refractivity contribution in [2.24, 2.45) is 0 Å². The number of rotatable bonds is 4. The molecule has 0 spiro atoms. The minimum atomic E-state index is -4.70. The van der Waals surface area contributed by atoms with Crippen molar-refractivity contribution < 1.29 is 18.0 Å². The first kappa shape index (κ1) is 17.6. The highest BCUT2D eigenvalue weighted by atomic mass is 79.9. The van der Waals surface area contributed by atoms with E-state index in [0.717, 1.165) is 16.2 Å². The van der Waals surface area contributed by atoms with Crippen molar-refractivity contribution in [3.63, 3.8) is 0 Å². The summed E-state index contributed by atoms with van der Waals surface area (Å²) in [7, 11) is 0. The van der Waals surface area contributed by atoms with Crippen molar-refractivity contribution in [3.05, 3.63) is 34.6 Å². The van der Waals surface area contributed by atoms with E-state index in [2.05, 4.69) is 31.4 Å². The Kier molecular flexibility index (Phi) is 5.19. The maximum absolute atomic E-state index is 12.6. The molecule has 1 heterocycles. The number of anilines is 1. The topological polar surface area (TPSA) is 85.8 Å². The Labute approximate surface area is 141 Å². The molecule has 0 saturated heterocycles. The summed E-state index contributed by atoms with van der Waals surface area (Å²) in [4.78, 5) is 12.1. The van der Waals surface area contributed by atoms with Gasteiger partial charge < -0.3 is 11.2 Å². The molecule has 6 nitrogen and oxygen atoms in total. The molecule has 11 heteroatoms. The van der Waals surface area contributed by atoms with Crippen molar-refractivity contribution in [2.45, 2.75) is 23.5 Å². The molecule has 1 amide bonds. The van der Waals surface area contributed by atoms with Gasteiger partial charge in [-0.2, -0.15) is 13.2 Å². The number of carbonyl (C=O) groups is 1. The fourth-order valence-electron chi connectivity index (χ4n) is 1.54. The van der Waals surface area contributed by atoms with Crippen LogP contribution in [0.25, 0.3) is 0 Å². The van der Waals surface area contributed by atoms with Gasteiger partial charge in [-0.05, 0) is 31.2 Å². The molecule has 1 aromatic carbocycles. The van der Waals surface area contributed by atoms with Crippen molar-refractivity contribution in [3.8, 4) is 0 Å². The lowest BCUT2D eigenvalue weighted by molar-refractivity contribution is -0.146. The van der Waals surface area contributed by atoms with Crippen LogP contribution in [0.1, 0.15) is 12.7 Å². The molecule has 0 aliphatic rings. The van der Waals surface area contributed by atoms with Gasteiger partial charge in [-0.15, -0.1) is 10.2 Å². The third kappa shape index (κ3) is 4.38. The molecule has 3 N–H and O–H groups in total. The summed E-state index contributed by atoms with van der Waals surface area (Å²) in [5, 5.41) is 8.10. The number of aromatic nitrogens is 3.